The number of likely N-dealkylation sites (tertiary alicyclic amines) is 1. The summed E-state index contributed by atoms with van der Waals surface area (Å²) in [7, 11) is 1.64. The molecule has 0 aliphatic carbocycles. The number of piperidine rings is 1. The highest BCUT2D eigenvalue weighted by atomic mass is 16.5. The largest absolute Gasteiger partial charge is 0.497 e. The number of methoxy groups -OCH3 is 1. The molecule has 5 rings (SSSR count). The zero-order chi connectivity index (χ0) is 20.5. The van der Waals surface area contributed by atoms with Gasteiger partial charge in [0.2, 0.25) is 0 Å². The van der Waals surface area contributed by atoms with Gasteiger partial charge in [0, 0.05) is 54.5 Å². The second-order valence-corrected chi connectivity index (χ2v) is 7.58. The van der Waals surface area contributed by atoms with Crippen molar-refractivity contribution in [2.75, 3.05) is 20.2 Å². The first-order valence-electron chi connectivity index (χ1n) is 10.2. The topological polar surface area (TPSA) is 67.4 Å². The SMILES string of the molecule is COc1ccc2cc(C(=O)N3CCC(Oc4cccc5cccnc45)CC3)[nH]c2c1. The Morgan fingerprint density at radius 3 is 2.73 bits per heavy atom. The lowest BCUT2D eigenvalue weighted by Crippen LogP contribution is -2.41. The number of ether oxygens (including phenoxy) is 2. The number of amides is 1. The average Bonchev–Trinajstić information content (AvgIpc) is 3.23. The van der Waals surface area contributed by atoms with Crippen molar-refractivity contribution < 1.29 is 14.3 Å². The highest BCUT2D eigenvalue weighted by Gasteiger charge is 2.26. The number of aromatic amines is 1. The first-order chi connectivity index (χ1) is 14.7. The van der Waals surface area contributed by atoms with Gasteiger partial charge in [-0.05, 0) is 30.3 Å². The van der Waals surface area contributed by atoms with E-state index in [-0.39, 0.29) is 12.0 Å². The van der Waals surface area contributed by atoms with E-state index in [2.05, 4.69) is 9.97 Å². The molecule has 4 aromatic rings. The van der Waals surface area contributed by atoms with Gasteiger partial charge in [0.15, 0.2) is 0 Å². The summed E-state index contributed by atoms with van der Waals surface area (Å²) in [6, 6.07) is 17.6. The van der Waals surface area contributed by atoms with E-state index >= 15 is 0 Å². The van der Waals surface area contributed by atoms with Crippen LogP contribution in [0.3, 0.4) is 0 Å². The van der Waals surface area contributed by atoms with Gasteiger partial charge in [-0.15, -0.1) is 0 Å². The highest BCUT2D eigenvalue weighted by molar-refractivity contribution is 5.98. The number of hydrogen-bond acceptors (Lipinski definition) is 4. The lowest BCUT2D eigenvalue weighted by atomic mass is 10.1. The summed E-state index contributed by atoms with van der Waals surface area (Å²) in [6.45, 7) is 1.33. The van der Waals surface area contributed by atoms with Crippen molar-refractivity contribution in [3.63, 3.8) is 0 Å². The molecule has 2 aromatic carbocycles. The van der Waals surface area contributed by atoms with Gasteiger partial charge in [-0.2, -0.15) is 0 Å². The van der Waals surface area contributed by atoms with Crippen LogP contribution >= 0.6 is 0 Å². The van der Waals surface area contributed by atoms with Crippen LogP contribution in [0.5, 0.6) is 11.5 Å². The predicted molar refractivity (Wildman–Crippen MR) is 116 cm³/mol. The van der Waals surface area contributed by atoms with Gasteiger partial charge in [-0.1, -0.05) is 18.2 Å². The zero-order valence-corrected chi connectivity index (χ0v) is 16.8. The normalized spacial score (nSPS) is 14.9. The number of benzene rings is 2. The van der Waals surface area contributed by atoms with Crippen molar-refractivity contribution in [1.29, 1.82) is 0 Å². The molecule has 152 valence electrons. The van der Waals surface area contributed by atoms with Gasteiger partial charge in [-0.25, -0.2) is 0 Å². The van der Waals surface area contributed by atoms with E-state index in [1.165, 1.54) is 0 Å². The molecule has 0 radical (unpaired) electrons. The van der Waals surface area contributed by atoms with Gasteiger partial charge >= 0.3 is 0 Å². The number of nitrogens with one attached hydrogen (secondary N) is 1. The Morgan fingerprint density at radius 1 is 1.07 bits per heavy atom. The quantitative estimate of drug-likeness (QED) is 0.550. The Kier molecular flexibility index (Phi) is 4.75. The maximum atomic E-state index is 13.0. The average molecular weight is 401 g/mol. The van der Waals surface area contributed by atoms with Crippen molar-refractivity contribution in [1.82, 2.24) is 14.9 Å². The number of hydrogen-bond donors (Lipinski definition) is 1. The van der Waals surface area contributed by atoms with Gasteiger partial charge < -0.3 is 19.4 Å². The van der Waals surface area contributed by atoms with Crippen LogP contribution in [0.2, 0.25) is 0 Å². The maximum absolute atomic E-state index is 13.0. The van der Waals surface area contributed by atoms with E-state index in [0.29, 0.717) is 18.8 Å². The highest BCUT2D eigenvalue weighted by Crippen LogP contribution is 2.27. The second-order valence-electron chi connectivity index (χ2n) is 7.58. The van der Waals surface area contributed by atoms with Crippen LogP contribution in [0, 0.1) is 0 Å². The Balaban J connectivity index is 1.26. The zero-order valence-electron chi connectivity index (χ0n) is 16.8. The van der Waals surface area contributed by atoms with E-state index in [9.17, 15) is 4.79 Å². The van der Waals surface area contributed by atoms with E-state index in [1.807, 2.05) is 59.5 Å². The summed E-state index contributed by atoms with van der Waals surface area (Å²) in [5.74, 6) is 1.60. The van der Waals surface area contributed by atoms with Crippen molar-refractivity contribution in [2.24, 2.45) is 0 Å². The Labute approximate surface area is 174 Å². The number of H-pyrrole nitrogens is 1. The van der Waals surface area contributed by atoms with E-state index in [4.69, 9.17) is 9.47 Å². The molecular weight excluding hydrogens is 378 g/mol. The molecule has 6 heteroatoms. The molecule has 0 saturated carbocycles. The minimum absolute atomic E-state index is 0.0236. The Bertz CT molecular complexity index is 1200. The van der Waals surface area contributed by atoms with Crippen molar-refractivity contribution in [3.8, 4) is 11.5 Å². The minimum atomic E-state index is 0.0236. The van der Waals surface area contributed by atoms with Gasteiger partial charge in [0.25, 0.3) is 5.91 Å². The summed E-state index contributed by atoms with van der Waals surface area (Å²) in [6.07, 6.45) is 3.45. The fraction of sp³-hybridized carbons (Fsp3) is 0.250. The molecule has 1 aliphatic heterocycles. The third-order valence-corrected chi connectivity index (χ3v) is 5.68. The molecule has 0 spiro atoms. The molecule has 1 aliphatic rings. The molecule has 1 N–H and O–H groups in total. The monoisotopic (exact) mass is 401 g/mol. The van der Waals surface area contributed by atoms with Crippen LogP contribution in [-0.4, -0.2) is 47.1 Å². The predicted octanol–water partition coefficient (Wildman–Crippen LogP) is 4.41. The molecule has 3 heterocycles. The molecule has 30 heavy (non-hydrogen) atoms. The summed E-state index contributed by atoms with van der Waals surface area (Å²) >= 11 is 0. The number of nitrogens with zero attached hydrogens (tertiary/aromatic N) is 2. The van der Waals surface area contributed by atoms with Gasteiger partial charge in [0.05, 0.1) is 7.11 Å². The summed E-state index contributed by atoms with van der Waals surface area (Å²) in [4.78, 5) is 22.6. The first kappa shape index (κ1) is 18.5. The van der Waals surface area contributed by atoms with E-state index < -0.39 is 0 Å². The van der Waals surface area contributed by atoms with Gasteiger partial charge in [-0.3, -0.25) is 9.78 Å². The summed E-state index contributed by atoms with van der Waals surface area (Å²) in [5.41, 5.74) is 2.39. The molecule has 1 fully saturated rings. The molecule has 0 unspecified atom stereocenters. The van der Waals surface area contributed by atoms with E-state index in [0.717, 1.165) is 46.1 Å². The van der Waals surface area contributed by atoms with Crippen LogP contribution in [0.25, 0.3) is 21.8 Å². The molecule has 1 amide bonds. The molecule has 6 nitrogen and oxygen atoms in total. The summed E-state index contributed by atoms with van der Waals surface area (Å²) in [5, 5.41) is 2.07. The molecule has 2 aromatic heterocycles. The van der Waals surface area contributed by atoms with Crippen LogP contribution in [0.4, 0.5) is 0 Å². The third-order valence-electron chi connectivity index (χ3n) is 5.68. The smallest absolute Gasteiger partial charge is 0.270 e. The van der Waals surface area contributed by atoms with Crippen molar-refractivity contribution in [3.05, 3.63) is 66.5 Å². The molecule has 1 saturated heterocycles. The Hall–Kier alpha value is -3.54. The fourth-order valence-electron chi connectivity index (χ4n) is 4.05. The molecule has 0 bridgehead atoms. The first-order valence-corrected chi connectivity index (χ1v) is 10.2. The minimum Gasteiger partial charge on any atom is -0.497 e. The number of pyridine rings is 1. The number of aromatic nitrogens is 2. The number of fused-ring (bicyclic) bond motifs is 2. The van der Waals surface area contributed by atoms with E-state index in [1.54, 1.807) is 13.3 Å². The standard InChI is InChI=1S/C24H23N3O3/c1-29-19-8-7-17-14-21(26-20(17)15-19)24(28)27-12-9-18(10-13-27)30-22-6-2-4-16-5-3-11-25-23(16)22/h2-8,11,14-15,18,26H,9-10,12-13H2,1H3. The fourth-order valence-corrected chi connectivity index (χ4v) is 4.05. The van der Waals surface area contributed by atoms with Crippen molar-refractivity contribution >= 4 is 27.7 Å². The van der Waals surface area contributed by atoms with Crippen LogP contribution in [-0.2, 0) is 0 Å². The Morgan fingerprint density at radius 2 is 1.90 bits per heavy atom. The number of para-hydroxylation sites is 1. The van der Waals surface area contributed by atoms with Crippen LogP contribution in [0.1, 0.15) is 23.3 Å². The lowest BCUT2D eigenvalue weighted by Gasteiger charge is -2.32. The number of carbonyl (C=O) groups is 1. The second kappa shape index (κ2) is 7.71. The molecule has 0 atom stereocenters. The van der Waals surface area contributed by atoms with Crippen LogP contribution in [0.15, 0.2) is 60.8 Å². The maximum Gasteiger partial charge on any atom is 0.270 e. The molecular formula is C24H23N3O3. The third kappa shape index (κ3) is 3.45. The van der Waals surface area contributed by atoms with Crippen LogP contribution < -0.4 is 9.47 Å². The van der Waals surface area contributed by atoms with Gasteiger partial charge in [0.1, 0.15) is 28.8 Å². The van der Waals surface area contributed by atoms with Crippen molar-refractivity contribution in [2.45, 2.75) is 18.9 Å². The lowest BCUT2D eigenvalue weighted by molar-refractivity contribution is 0.0593. The number of rotatable bonds is 4. The number of carbonyl (C=O) groups excluding carboxylic acids is 1. The summed E-state index contributed by atoms with van der Waals surface area (Å²) < 4.78 is 11.5.